The van der Waals surface area contributed by atoms with Crippen molar-refractivity contribution in [2.45, 2.75) is 19.4 Å². The molecule has 0 saturated carbocycles. The van der Waals surface area contributed by atoms with Gasteiger partial charge in [-0.1, -0.05) is 11.6 Å². The molecule has 5 heteroatoms. The smallest absolute Gasteiger partial charge is 0.161 e. The number of aryl methyl sites for hydroxylation is 1. The fraction of sp³-hybridized carbons (Fsp3) is 0.368. The first-order chi connectivity index (χ1) is 11.7. The molecule has 0 aromatic heterocycles. The van der Waals surface area contributed by atoms with Gasteiger partial charge in [-0.25, -0.2) is 0 Å². The van der Waals surface area contributed by atoms with Crippen LogP contribution in [0, 0.1) is 6.92 Å². The van der Waals surface area contributed by atoms with Gasteiger partial charge in [-0.05, 0) is 54.3 Å². The molecule has 4 rings (SSSR count). The number of ether oxygens (including phenoxy) is 3. The Morgan fingerprint density at radius 3 is 2.58 bits per heavy atom. The third-order valence-corrected chi connectivity index (χ3v) is 5.09. The Bertz CT molecular complexity index is 791. The first-order valence-corrected chi connectivity index (χ1v) is 8.55. The highest BCUT2D eigenvalue weighted by atomic mass is 35.5. The van der Waals surface area contributed by atoms with E-state index in [-0.39, 0.29) is 6.04 Å². The van der Waals surface area contributed by atoms with E-state index in [4.69, 9.17) is 25.8 Å². The maximum Gasteiger partial charge on any atom is 0.161 e. The molecule has 1 N–H and O–H groups in total. The number of benzene rings is 2. The molecule has 24 heavy (non-hydrogen) atoms. The summed E-state index contributed by atoms with van der Waals surface area (Å²) in [5.41, 5.74) is 4.53. The molecule has 0 bridgehead atoms. The molecule has 0 saturated heterocycles. The van der Waals surface area contributed by atoms with E-state index in [0.717, 1.165) is 46.4 Å². The van der Waals surface area contributed by atoms with Gasteiger partial charge in [-0.2, -0.15) is 0 Å². The van der Waals surface area contributed by atoms with Gasteiger partial charge in [-0.3, -0.25) is 0 Å². The lowest BCUT2D eigenvalue weighted by atomic mass is 9.88. The molecule has 2 aromatic rings. The molecule has 0 spiro atoms. The quantitative estimate of drug-likeness (QED) is 0.901. The largest absolute Gasteiger partial charge is 0.496 e. The second kappa shape index (κ2) is 6.19. The molecule has 126 valence electrons. The van der Waals surface area contributed by atoms with Crippen molar-refractivity contribution in [2.75, 3.05) is 26.9 Å². The van der Waals surface area contributed by atoms with Crippen LogP contribution in [0.3, 0.4) is 0 Å². The predicted molar refractivity (Wildman–Crippen MR) is 93.7 cm³/mol. The van der Waals surface area contributed by atoms with Crippen molar-refractivity contribution in [1.29, 1.82) is 0 Å². The van der Waals surface area contributed by atoms with Crippen LogP contribution in [0.5, 0.6) is 17.2 Å². The molecule has 2 aliphatic rings. The van der Waals surface area contributed by atoms with Gasteiger partial charge in [0.05, 0.1) is 13.2 Å². The Hall–Kier alpha value is -1.91. The average Bonchev–Trinajstić information content (AvgIpc) is 2.61. The first-order valence-electron chi connectivity index (χ1n) is 8.17. The Labute approximate surface area is 146 Å². The van der Waals surface area contributed by atoms with Crippen molar-refractivity contribution in [3.63, 3.8) is 0 Å². The van der Waals surface area contributed by atoms with E-state index in [2.05, 4.69) is 17.4 Å². The van der Waals surface area contributed by atoms with Crippen molar-refractivity contribution < 1.29 is 14.2 Å². The van der Waals surface area contributed by atoms with E-state index in [1.54, 1.807) is 7.11 Å². The average molecular weight is 346 g/mol. The van der Waals surface area contributed by atoms with Gasteiger partial charge in [0.15, 0.2) is 11.5 Å². The van der Waals surface area contributed by atoms with E-state index in [9.17, 15) is 0 Å². The summed E-state index contributed by atoms with van der Waals surface area (Å²) in [5.74, 6) is 2.50. The van der Waals surface area contributed by atoms with Gasteiger partial charge >= 0.3 is 0 Å². The second-order valence-corrected chi connectivity index (χ2v) is 6.58. The molecule has 2 aliphatic heterocycles. The molecule has 2 heterocycles. The van der Waals surface area contributed by atoms with Crippen molar-refractivity contribution in [3.8, 4) is 17.2 Å². The normalized spacial score (nSPS) is 18.9. The van der Waals surface area contributed by atoms with Crippen LogP contribution in [0.1, 0.15) is 28.3 Å². The summed E-state index contributed by atoms with van der Waals surface area (Å²) in [5, 5.41) is 4.33. The summed E-state index contributed by atoms with van der Waals surface area (Å²) in [7, 11) is 1.69. The van der Waals surface area contributed by atoms with Crippen LogP contribution in [-0.4, -0.2) is 26.9 Å². The highest BCUT2D eigenvalue weighted by Crippen LogP contribution is 2.41. The number of nitrogens with one attached hydrogen (secondary N) is 1. The van der Waals surface area contributed by atoms with Crippen molar-refractivity contribution in [3.05, 3.63) is 51.5 Å². The van der Waals surface area contributed by atoms with Gasteiger partial charge in [0.1, 0.15) is 19.0 Å². The van der Waals surface area contributed by atoms with E-state index in [0.29, 0.717) is 13.2 Å². The second-order valence-electron chi connectivity index (χ2n) is 6.18. The number of fused-ring (bicyclic) bond motifs is 2. The summed E-state index contributed by atoms with van der Waals surface area (Å²) in [6.45, 7) is 4.07. The van der Waals surface area contributed by atoms with Gasteiger partial charge < -0.3 is 19.5 Å². The van der Waals surface area contributed by atoms with Gasteiger partial charge in [-0.15, -0.1) is 0 Å². The van der Waals surface area contributed by atoms with E-state index in [1.165, 1.54) is 11.1 Å². The van der Waals surface area contributed by atoms with Crippen LogP contribution in [0.25, 0.3) is 0 Å². The highest BCUT2D eigenvalue weighted by molar-refractivity contribution is 6.31. The topological polar surface area (TPSA) is 39.7 Å². The minimum Gasteiger partial charge on any atom is -0.496 e. The van der Waals surface area contributed by atoms with Crippen LogP contribution in [-0.2, 0) is 6.42 Å². The Morgan fingerprint density at radius 2 is 1.83 bits per heavy atom. The van der Waals surface area contributed by atoms with Crippen LogP contribution >= 0.6 is 11.6 Å². The summed E-state index contributed by atoms with van der Waals surface area (Å²) >= 11 is 6.38. The monoisotopic (exact) mass is 345 g/mol. The molecule has 1 unspecified atom stereocenters. The zero-order valence-electron chi connectivity index (χ0n) is 13.8. The van der Waals surface area contributed by atoms with Crippen LogP contribution in [0.15, 0.2) is 24.3 Å². The molecule has 0 fully saturated rings. The van der Waals surface area contributed by atoms with Gasteiger partial charge in [0.2, 0.25) is 0 Å². The molecule has 1 atom stereocenters. The Balaban J connectivity index is 1.83. The lowest BCUT2D eigenvalue weighted by Crippen LogP contribution is -2.31. The van der Waals surface area contributed by atoms with Crippen molar-refractivity contribution in [1.82, 2.24) is 5.32 Å². The molecule has 0 aliphatic carbocycles. The van der Waals surface area contributed by atoms with Crippen LogP contribution in [0.2, 0.25) is 5.02 Å². The zero-order valence-corrected chi connectivity index (χ0v) is 14.6. The maximum absolute atomic E-state index is 6.38. The van der Waals surface area contributed by atoms with Gasteiger partial charge in [0.25, 0.3) is 0 Å². The fourth-order valence-electron chi connectivity index (χ4n) is 3.44. The molecule has 0 amide bonds. The highest BCUT2D eigenvalue weighted by Gasteiger charge is 2.27. The molecular weight excluding hydrogens is 326 g/mol. The fourth-order valence-corrected chi connectivity index (χ4v) is 3.62. The van der Waals surface area contributed by atoms with E-state index < -0.39 is 0 Å². The Morgan fingerprint density at radius 1 is 1.08 bits per heavy atom. The maximum atomic E-state index is 6.38. The summed E-state index contributed by atoms with van der Waals surface area (Å²) in [6, 6.07) is 8.22. The number of methoxy groups -OCH3 is 1. The number of halogens is 1. The Kier molecular flexibility index (Phi) is 4.02. The lowest BCUT2D eigenvalue weighted by Gasteiger charge is -2.31. The number of rotatable bonds is 2. The molecule has 0 radical (unpaired) electrons. The number of hydrogen-bond donors (Lipinski definition) is 1. The molecular formula is C19H20ClNO3. The summed E-state index contributed by atoms with van der Waals surface area (Å²) in [4.78, 5) is 0. The van der Waals surface area contributed by atoms with Crippen molar-refractivity contribution >= 4 is 11.6 Å². The number of hydrogen-bond acceptors (Lipinski definition) is 4. The molecule has 2 aromatic carbocycles. The molecule has 4 nitrogen and oxygen atoms in total. The lowest BCUT2D eigenvalue weighted by molar-refractivity contribution is 0.171. The predicted octanol–water partition coefficient (Wildman–Crippen LogP) is 3.66. The minimum atomic E-state index is 0.0256. The summed E-state index contributed by atoms with van der Waals surface area (Å²) < 4.78 is 17.1. The van der Waals surface area contributed by atoms with Crippen LogP contribution in [0.4, 0.5) is 0 Å². The third-order valence-electron chi connectivity index (χ3n) is 4.68. The summed E-state index contributed by atoms with van der Waals surface area (Å²) in [6.07, 6.45) is 0.963. The zero-order chi connectivity index (χ0) is 16.7. The standard InChI is InChI=1S/C19H20ClNO3/c1-11-7-16(22-2)14(9-15(11)20)19-13-10-18-17(23-5-6-24-18)8-12(13)3-4-21-19/h7-10,19,21H,3-6H2,1-2H3. The van der Waals surface area contributed by atoms with Gasteiger partial charge in [0, 0.05) is 17.1 Å². The third kappa shape index (κ3) is 2.60. The van der Waals surface area contributed by atoms with E-state index >= 15 is 0 Å². The van der Waals surface area contributed by atoms with Crippen LogP contribution < -0.4 is 19.5 Å². The minimum absolute atomic E-state index is 0.0256. The van der Waals surface area contributed by atoms with Crippen molar-refractivity contribution in [2.24, 2.45) is 0 Å². The SMILES string of the molecule is COc1cc(C)c(Cl)cc1C1NCCc2cc3c(cc21)OCCO3. The first kappa shape index (κ1) is 15.6. The van der Waals surface area contributed by atoms with E-state index in [1.807, 2.05) is 19.1 Å².